The molecule has 0 atom stereocenters. The van der Waals surface area contributed by atoms with Crippen molar-refractivity contribution in [2.45, 2.75) is 13.3 Å². The number of amides is 3. The molecule has 122 valence electrons. The minimum atomic E-state index is -0.768. The number of hydrogen-bond acceptors (Lipinski definition) is 4. The van der Waals surface area contributed by atoms with Gasteiger partial charge in [0.25, 0.3) is 5.91 Å². The van der Waals surface area contributed by atoms with Gasteiger partial charge in [0.15, 0.2) is 6.61 Å². The molecule has 0 saturated carbocycles. The molecule has 1 heterocycles. The molecule has 0 fully saturated rings. The Morgan fingerprint density at radius 3 is 2.70 bits per heavy atom. The summed E-state index contributed by atoms with van der Waals surface area (Å²) in [5.41, 5.74) is 0.754. The molecule has 0 aliphatic rings. The van der Waals surface area contributed by atoms with Crippen LogP contribution in [0, 0.1) is 0 Å². The number of aromatic nitrogens is 1. The molecule has 2 rings (SSSR count). The maximum atomic E-state index is 12.0. The Kier molecular flexibility index (Phi) is 5.59. The van der Waals surface area contributed by atoms with E-state index < -0.39 is 24.5 Å². The molecule has 8 heteroatoms. The molecule has 7 nitrogen and oxygen atoms in total. The van der Waals surface area contributed by atoms with Gasteiger partial charge in [-0.2, -0.15) is 0 Å². The Morgan fingerprint density at radius 1 is 1.26 bits per heavy atom. The quantitative estimate of drug-likeness (QED) is 0.728. The van der Waals surface area contributed by atoms with Gasteiger partial charge < -0.3 is 15.0 Å². The van der Waals surface area contributed by atoms with Crippen LogP contribution in [-0.4, -0.2) is 36.0 Å². The highest BCUT2D eigenvalue weighted by molar-refractivity contribution is 6.38. The SMILES string of the molecule is CCCNC(=O)NC(=O)COC(=O)c1[nH]c2ccccc2c1Cl. The summed E-state index contributed by atoms with van der Waals surface area (Å²) < 4.78 is 4.86. The van der Waals surface area contributed by atoms with Crippen LogP contribution in [0.5, 0.6) is 0 Å². The first-order chi connectivity index (χ1) is 11.0. The third kappa shape index (κ3) is 4.23. The zero-order valence-corrected chi connectivity index (χ0v) is 13.2. The first-order valence-electron chi connectivity index (χ1n) is 7.04. The van der Waals surface area contributed by atoms with Crippen molar-refractivity contribution in [3.05, 3.63) is 35.0 Å². The molecule has 0 aliphatic carbocycles. The lowest BCUT2D eigenvalue weighted by Crippen LogP contribution is -2.41. The summed E-state index contributed by atoms with van der Waals surface area (Å²) in [5, 5.41) is 5.44. The fourth-order valence-corrected chi connectivity index (χ4v) is 2.19. The van der Waals surface area contributed by atoms with E-state index in [2.05, 4.69) is 15.6 Å². The van der Waals surface area contributed by atoms with Crippen LogP contribution in [0.1, 0.15) is 23.8 Å². The second-order valence-corrected chi connectivity index (χ2v) is 5.12. The number of ether oxygens (including phenoxy) is 1. The summed E-state index contributed by atoms with van der Waals surface area (Å²) in [4.78, 5) is 37.6. The summed E-state index contributed by atoms with van der Waals surface area (Å²) in [7, 11) is 0. The predicted molar refractivity (Wildman–Crippen MR) is 85.4 cm³/mol. The number of esters is 1. The summed E-state index contributed by atoms with van der Waals surface area (Å²) in [6, 6.07) is 6.49. The molecule has 0 saturated heterocycles. The molecule has 0 bridgehead atoms. The molecule has 1 aromatic carbocycles. The van der Waals surface area contributed by atoms with E-state index in [0.717, 1.165) is 6.42 Å². The van der Waals surface area contributed by atoms with Crippen molar-refractivity contribution in [1.82, 2.24) is 15.6 Å². The van der Waals surface area contributed by atoms with E-state index in [-0.39, 0.29) is 10.7 Å². The Hall–Kier alpha value is -2.54. The third-order valence-electron chi connectivity index (χ3n) is 2.97. The van der Waals surface area contributed by atoms with Gasteiger partial charge in [0.05, 0.1) is 5.02 Å². The summed E-state index contributed by atoms with van der Waals surface area (Å²) in [6.45, 7) is 1.75. The number of urea groups is 1. The van der Waals surface area contributed by atoms with E-state index >= 15 is 0 Å². The van der Waals surface area contributed by atoms with E-state index in [1.807, 2.05) is 6.92 Å². The number of para-hydroxylation sites is 1. The van der Waals surface area contributed by atoms with E-state index in [1.165, 1.54) is 0 Å². The highest BCUT2D eigenvalue weighted by Crippen LogP contribution is 2.27. The van der Waals surface area contributed by atoms with Gasteiger partial charge in [-0.1, -0.05) is 36.7 Å². The van der Waals surface area contributed by atoms with Crippen molar-refractivity contribution < 1.29 is 19.1 Å². The molecule has 2 aromatic rings. The van der Waals surface area contributed by atoms with Crippen LogP contribution in [0.4, 0.5) is 4.79 Å². The molecule has 1 aromatic heterocycles. The van der Waals surface area contributed by atoms with E-state index in [9.17, 15) is 14.4 Å². The van der Waals surface area contributed by atoms with Crippen LogP contribution in [0.15, 0.2) is 24.3 Å². The lowest BCUT2D eigenvalue weighted by Gasteiger charge is -2.06. The van der Waals surface area contributed by atoms with Gasteiger partial charge in [0, 0.05) is 17.4 Å². The second kappa shape index (κ2) is 7.64. The number of imide groups is 1. The Labute approximate surface area is 137 Å². The lowest BCUT2D eigenvalue weighted by molar-refractivity contribution is -0.123. The average molecular weight is 338 g/mol. The van der Waals surface area contributed by atoms with Gasteiger partial charge >= 0.3 is 12.0 Å². The van der Waals surface area contributed by atoms with Crippen molar-refractivity contribution in [2.75, 3.05) is 13.2 Å². The Balaban J connectivity index is 1.92. The minimum Gasteiger partial charge on any atom is -0.451 e. The normalized spacial score (nSPS) is 10.3. The second-order valence-electron chi connectivity index (χ2n) is 4.74. The molecule has 0 radical (unpaired) electrons. The van der Waals surface area contributed by atoms with Crippen molar-refractivity contribution in [2.24, 2.45) is 0 Å². The third-order valence-corrected chi connectivity index (χ3v) is 3.36. The number of hydrogen-bond donors (Lipinski definition) is 3. The smallest absolute Gasteiger partial charge is 0.356 e. The molecule has 3 N–H and O–H groups in total. The topological polar surface area (TPSA) is 100 Å². The Bertz CT molecular complexity index is 741. The molecular weight excluding hydrogens is 322 g/mol. The van der Waals surface area contributed by atoms with Crippen LogP contribution in [0.25, 0.3) is 10.9 Å². The number of rotatable bonds is 5. The van der Waals surface area contributed by atoms with Crippen molar-refractivity contribution >= 4 is 40.4 Å². The number of H-pyrrole nitrogens is 1. The van der Waals surface area contributed by atoms with Crippen LogP contribution in [0.2, 0.25) is 5.02 Å². The van der Waals surface area contributed by atoms with Crippen LogP contribution < -0.4 is 10.6 Å². The standard InChI is InChI=1S/C15H16ClN3O4/c1-2-7-17-15(22)19-11(20)8-23-14(21)13-12(16)9-5-3-4-6-10(9)18-13/h3-6,18H,2,7-8H2,1H3,(H2,17,19,20,22). The molecule has 0 spiro atoms. The maximum absolute atomic E-state index is 12.0. The first kappa shape index (κ1) is 16.8. The largest absolute Gasteiger partial charge is 0.451 e. The van der Waals surface area contributed by atoms with Crippen LogP contribution in [-0.2, 0) is 9.53 Å². The van der Waals surface area contributed by atoms with E-state index in [4.69, 9.17) is 16.3 Å². The van der Waals surface area contributed by atoms with Crippen molar-refractivity contribution in [3.8, 4) is 0 Å². The van der Waals surface area contributed by atoms with Crippen LogP contribution >= 0.6 is 11.6 Å². The monoisotopic (exact) mass is 337 g/mol. The predicted octanol–water partition coefficient (Wildman–Crippen LogP) is 2.21. The number of benzene rings is 1. The van der Waals surface area contributed by atoms with E-state index in [0.29, 0.717) is 17.4 Å². The summed E-state index contributed by atoms with van der Waals surface area (Å²) in [6.07, 6.45) is 0.746. The highest BCUT2D eigenvalue weighted by atomic mass is 35.5. The average Bonchev–Trinajstić information content (AvgIpc) is 2.88. The number of aromatic amines is 1. The number of carbonyl (C=O) groups is 3. The van der Waals surface area contributed by atoms with Gasteiger partial charge in [-0.15, -0.1) is 0 Å². The number of fused-ring (bicyclic) bond motifs is 1. The van der Waals surface area contributed by atoms with Gasteiger partial charge in [0.1, 0.15) is 5.69 Å². The first-order valence-corrected chi connectivity index (χ1v) is 7.41. The molecular formula is C15H16ClN3O4. The van der Waals surface area contributed by atoms with Crippen molar-refractivity contribution in [1.29, 1.82) is 0 Å². The zero-order valence-electron chi connectivity index (χ0n) is 12.4. The molecule has 0 unspecified atom stereocenters. The van der Waals surface area contributed by atoms with Gasteiger partial charge in [0.2, 0.25) is 0 Å². The highest BCUT2D eigenvalue weighted by Gasteiger charge is 2.19. The summed E-state index contributed by atoms with van der Waals surface area (Å²) >= 11 is 6.11. The maximum Gasteiger partial charge on any atom is 0.356 e. The van der Waals surface area contributed by atoms with Gasteiger partial charge in [-0.25, -0.2) is 9.59 Å². The fraction of sp³-hybridized carbons (Fsp3) is 0.267. The fourth-order valence-electron chi connectivity index (χ4n) is 1.90. The molecule has 3 amide bonds. The minimum absolute atomic E-state index is 0.0658. The number of nitrogens with one attached hydrogen (secondary N) is 3. The Morgan fingerprint density at radius 2 is 2.00 bits per heavy atom. The van der Waals surface area contributed by atoms with Gasteiger partial charge in [-0.05, 0) is 12.5 Å². The van der Waals surface area contributed by atoms with Crippen molar-refractivity contribution in [3.63, 3.8) is 0 Å². The van der Waals surface area contributed by atoms with Crippen LogP contribution in [0.3, 0.4) is 0 Å². The summed E-state index contributed by atoms with van der Waals surface area (Å²) in [5.74, 6) is -1.49. The number of carbonyl (C=O) groups excluding carboxylic acids is 3. The lowest BCUT2D eigenvalue weighted by atomic mass is 10.2. The zero-order chi connectivity index (χ0) is 16.8. The number of halogens is 1. The van der Waals surface area contributed by atoms with E-state index in [1.54, 1.807) is 24.3 Å². The molecule has 23 heavy (non-hydrogen) atoms. The molecule has 0 aliphatic heterocycles. The van der Waals surface area contributed by atoms with Gasteiger partial charge in [-0.3, -0.25) is 10.1 Å².